The molecule has 176 valence electrons. The maximum absolute atomic E-state index is 12.9. The van der Waals surface area contributed by atoms with Crippen molar-refractivity contribution in [3.63, 3.8) is 0 Å². The second-order valence-electron chi connectivity index (χ2n) is 8.04. The van der Waals surface area contributed by atoms with Gasteiger partial charge in [-0.2, -0.15) is 0 Å². The normalized spacial score (nSPS) is 12.9. The minimum absolute atomic E-state index is 0.00166. The van der Waals surface area contributed by atoms with Gasteiger partial charge >= 0.3 is 11.9 Å². The lowest BCUT2D eigenvalue weighted by Crippen LogP contribution is -2.30. The van der Waals surface area contributed by atoms with E-state index in [1.54, 1.807) is 18.2 Å². The number of methoxy groups -OCH3 is 1. The van der Waals surface area contributed by atoms with Gasteiger partial charge in [0.15, 0.2) is 11.8 Å². The number of anilines is 1. The number of para-hydroxylation sites is 2. The van der Waals surface area contributed by atoms with Gasteiger partial charge < -0.3 is 14.8 Å². The lowest BCUT2D eigenvalue weighted by atomic mass is 9.89. The van der Waals surface area contributed by atoms with Crippen LogP contribution in [-0.4, -0.2) is 41.0 Å². The lowest BCUT2D eigenvalue weighted by molar-refractivity contribution is -0.123. The molecule has 4 aromatic rings. The van der Waals surface area contributed by atoms with Crippen molar-refractivity contribution in [1.29, 1.82) is 0 Å². The molecule has 0 spiro atoms. The van der Waals surface area contributed by atoms with E-state index in [1.807, 2.05) is 24.3 Å². The number of hydrogen-bond donors (Lipinski definition) is 1. The molecule has 0 bridgehead atoms. The van der Waals surface area contributed by atoms with Crippen molar-refractivity contribution in [3.05, 3.63) is 77.1 Å². The molecule has 1 amide bonds. The predicted octanol–water partition coefficient (Wildman–Crippen LogP) is 4.43. The molecule has 1 atom stereocenters. The third-order valence-corrected chi connectivity index (χ3v) is 7.03. The van der Waals surface area contributed by atoms with Crippen molar-refractivity contribution >= 4 is 45.2 Å². The SMILES string of the molecule is COC(=O)c1c(NC(=O)C(C)OC(=O)c2cnc3ccccc3n2)sc2c1CCc1ccccc1-2. The average molecular weight is 488 g/mol. The Morgan fingerprint density at radius 1 is 1.00 bits per heavy atom. The summed E-state index contributed by atoms with van der Waals surface area (Å²) >= 11 is 1.32. The van der Waals surface area contributed by atoms with Crippen molar-refractivity contribution in [1.82, 2.24) is 9.97 Å². The number of carbonyl (C=O) groups excluding carboxylic acids is 3. The standard InChI is InChI=1S/C26H21N3O5S/c1-14(34-25(31)20-13-27-18-9-5-6-10-19(18)28-20)23(30)29-24-21(26(32)33-2)17-12-11-15-7-3-4-8-16(15)22(17)35-24/h3-10,13-14H,11-12H2,1-2H3,(H,29,30). The number of nitrogens with one attached hydrogen (secondary N) is 1. The van der Waals surface area contributed by atoms with E-state index in [-0.39, 0.29) is 5.69 Å². The zero-order valence-corrected chi connectivity index (χ0v) is 19.8. The summed E-state index contributed by atoms with van der Waals surface area (Å²) < 4.78 is 10.3. The van der Waals surface area contributed by atoms with E-state index in [2.05, 4.69) is 21.4 Å². The van der Waals surface area contributed by atoms with Crippen LogP contribution < -0.4 is 5.32 Å². The van der Waals surface area contributed by atoms with E-state index in [0.717, 1.165) is 22.4 Å². The summed E-state index contributed by atoms with van der Waals surface area (Å²) in [6, 6.07) is 15.1. The van der Waals surface area contributed by atoms with Crippen molar-refractivity contribution < 1.29 is 23.9 Å². The van der Waals surface area contributed by atoms with Crippen molar-refractivity contribution in [3.8, 4) is 10.4 Å². The van der Waals surface area contributed by atoms with Gasteiger partial charge in [0.25, 0.3) is 5.91 Å². The maximum atomic E-state index is 12.9. The minimum Gasteiger partial charge on any atom is -0.465 e. The van der Waals surface area contributed by atoms with Crippen LogP contribution in [-0.2, 0) is 27.1 Å². The van der Waals surface area contributed by atoms with Crippen LogP contribution in [0.3, 0.4) is 0 Å². The van der Waals surface area contributed by atoms with E-state index >= 15 is 0 Å². The van der Waals surface area contributed by atoms with E-state index < -0.39 is 23.9 Å². The van der Waals surface area contributed by atoms with Crippen LogP contribution in [0.15, 0.2) is 54.7 Å². The topological polar surface area (TPSA) is 107 Å². The van der Waals surface area contributed by atoms with Crippen LogP contribution in [0, 0.1) is 0 Å². The first kappa shape index (κ1) is 22.7. The molecule has 1 N–H and O–H groups in total. The van der Waals surface area contributed by atoms with Crippen LogP contribution in [0.25, 0.3) is 21.5 Å². The number of aromatic nitrogens is 2. The Labute approximate surface area is 204 Å². The average Bonchev–Trinajstić information content (AvgIpc) is 3.26. The third kappa shape index (κ3) is 4.26. The number of nitrogens with zero attached hydrogens (tertiary/aromatic N) is 2. The smallest absolute Gasteiger partial charge is 0.359 e. The molecule has 2 aromatic carbocycles. The summed E-state index contributed by atoms with van der Waals surface area (Å²) in [6.07, 6.45) is 1.63. The zero-order valence-electron chi connectivity index (χ0n) is 19.0. The molecule has 35 heavy (non-hydrogen) atoms. The van der Waals surface area contributed by atoms with Gasteiger partial charge in [-0.05, 0) is 48.6 Å². The molecule has 5 rings (SSSR count). The van der Waals surface area contributed by atoms with Crippen LogP contribution in [0.1, 0.15) is 38.9 Å². The van der Waals surface area contributed by atoms with E-state index in [0.29, 0.717) is 28.0 Å². The monoisotopic (exact) mass is 487 g/mol. The Morgan fingerprint density at radius 3 is 2.54 bits per heavy atom. The highest BCUT2D eigenvalue weighted by Gasteiger charge is 2.30. The van der Waals surface area contributed by atoms with Crippen LogP contribution >= 0.6 is 11.3 Å². The number of hydrogen-bond acceptors (Lipinski definition) is 8. The summed E-state index contributed by atoms with van der Waals surface area (Å²) in [5.41, 5.74) is 4.62. The van der Waals surface area contributed by atoms with E-state index in [4.69, 9.17) is 9.47 Å². The first-order valence-electron chi connectivity index (χ1n) is 11.0. The van der Waals surface area contributed by atoms with Gasteiger partial charge in [0.05, 0.1) is 29.9 Å². The summed E-state index contributed by atoms with van der Waals surface area (Å²) in [7, 11) is 1.31. The Kier molecular flexibility index (Phi) is 6.00. The molecule has 0 aliphatic heterocycles. The van der Waals surface area contributed by atoms with Crippen molar-refractivity contribution in [2.24, 2.45) is 0 Å². The van der Waals surface area contributed by atoms with Gasteiger partial charge in [0.1, 0.15) is 5.00 Å². The van der Waals surface area contributed by atoms with Crippen LogP contribution in [0.2, 0.25) is 0 Å². The molecule has 0 fully saturated rings. The molecule has 0 saturated carbocycles. The third-order valence-electron chi connectivity index (χ3n) is 5.85. The number of rotatable bonds is 5. The number of ether oxygens (including phenoxy) is 2. The Balaban J connectivity index is 1.37. The number of carbonyl (C=O) groups is 3. The molecule has 9 heteroatoms. The van der Waals surface area contributed by atoms with Crippen LogP contribution in [0.5, 0.6) is 0 Å². The molecular weight excluding hydrogens is 466 g/mol. The quantitative estimate of drug-likeness (QED) is 0.415. The predicted molar refractivity (Wildman–Crippen MR) is 132 cm³/mol. The van der Waals surface area contributed by atoms with Gasteiger partial charge in [-0.15, -0.1) is 11.3 Å². The molecule has 1 aliphatic carbocycles. The Bertz CT molecular complexity index is 1480. The Morgan fingerprint density at radius 2 is 1.74 bits per heavy atom. The first-order valence-corrected chi connectivity index (χ1v) is 11.8. The van der Waals surface area contributed by atoms with Gasteiger partial charge in [-0.25, -0.2) is 14.6 Å². The summed E-state index contributed by atoms with van der Waals surface area (Å²) in [5, 5.41) is 3.14. The number of fused-ring (bicyclic) bond motifs is 4. The molecule has 1 aliphatic rings. The minimum atomic E-state index is -1.13. The molecular formula is C26H21N3O5S. The first-order chi connectivity index (χ1) is 17.0. The number of thiophene rings is 1. The number of aryl methyl sites for hydroxylation is 1. The zero-order chi connectivity index (χ0) is 24.5. The van der Waals surface area contributed by atoms with Gasteiger partial charge in [-0.1, -0.05) is 36.4 Å². The largest absolute Gasteiger partial charge is 0.465 e. The van der Waals surface area contributed by atoms with Gasteiger partial charge in [0, 0.05) is 4.88 Å². The summed E-state index contributed by atoms with van der Waals surface area (Å²) in [4.78, 5) is 47.6. The fourth-order valence-corrected chi connectivity index (χ4v) is 5.39. The van der Waals surface area contributed by atoms with Gasteiger partial charge in [0.2, 0.25) is 0 Å². The fraction of sp³-hybridized carbons (Fsp3) is 0.192. The highest BCUT2D eigenvalue weighted by Crippen LogP contribution is 2.45. The van der Waals surface area contributed by atoms with Crippen molar-refractivity contribution in [2.45, 2.75) is 25.9 Å². The van der Waals surface area contributed by atoms with Crippen LogP contribution in [0.4, 0.5) is 5.00 Å². The highest BCUT2D eigenvalue weighted by atomic mass is 32.1. The molecule has 0 radical (unpaired) electrons. The number of esters is 2. The molecule has 2 heterocycles. The highest BCUT2D eigenvalue weighted by molar-refractivity contribution is 7.20. The van der Waals surface area contributed by atoms with Gasteiger partial charge in [-0.3, -0.25) is 9.78 Å². The van der Waals surface area contributed by atoms with E-state index in [9.17, 15) is 14.4 Å². The molecule has 1 unspecified atom stereocenters. The molecule has 2 aromatic heterocycles. The fourth-order valence-electron chi connectivity index (χ4n) is 4.09. The van der Waals surface area contributed by atoms with E-state index in [1.165, 1.54) is 37.1 Å². The summed E-state index contributed by atoms with van der Waals surface area (Å²) in [5.74, 6) is -1.85. The summed E-state index contributed by atoms with van der Waals surface area (Å²) in [6.45, 7) is 1.46. The number of benzene rings is 2. The second kappa shape index (κ2) is 9.27. The van der Waals surface area contributed by atoms with Crippen molar-refractivity contribution in [2.75, 3.05) is 12.4 Å². The second-order valence-corrected chi connectivity index (χ2v) is 9.06. The molecule has 8 nitrogen and oxygen atoms in total. The Hall–Kier alpha value is -4.11. The molecule has 0 saturated heterocycles. The maximum Gasteiger partial charge on any atom is 0.359 e. The number of amides is 1. The lowest BCUT2D eigenvalue weighted by Gasteiger charge is -2.16.